The summed E-state index contributed by atoms with van der Waals surface area (Å²) in [6.07, 6.45) is -4.35. The molecule has 1 aromatic carbocycles. The lowest BCUT2D eigenvalue weighted by molar-refractivity contribution is -0.137. The number of rotatable bonds is 3. The molecule has 0 heterocycles. The third kappa shape index (κ3) is 4.02. The summed E-state index contributed by atoms with van der Waals surface area (Å²) in [5.74, 6) is 0. The predicted octanol–water partition coefficient (Wildman–Crippen LogP) is 3.86. The molecule has 0 aliphatic heterocycles. The largest absolute Gasteiger partial charge is 0.416 e. The van der Waals surface area contributed by atoms with Gasteiger partial charge in [0.25, 0.3) is 0 Å². The first-order valence-electron chi connectivity index (χ1n) is 4.89. The molecule has 1 rings (SSSR count). The first-order chi connectivity index (χ1) is 7.29. The average molecular weight is 252 g/mol. The Balaban J connectivity index is 2.90. The Hall–Kier alpha value is -0.740. The molecule has 5 heteroatoms. The molecule has 1 aromatic rings. The number of halogens is 4. The zero-order valence-electron chi connectivity index (χ0n) is 9.03. The van der Waals surface area contributed by atoms with E-state index in [-0.39, 0.29) is 11.1 Å². The van der Waals surface area contributed by atoms with Gasteiger partial charge in [-0.05, 0) is 23.8 Å². The monoisotopic (exact) mass is 251 g/mol. The molecule has 0 bridgehead atoms. The molecule has 0 spiro atoms. The van der Waals surface area contributed by atoms with Crippen LogP contribution in [0.15, 0.2) is 18.2 Å². The molecule has 0 fully saturated rings. The molecule has 0 aliphatic rings. The van der Waals surface area contributed by atoms with Crippen molar-refractivity contribution in [2.45, 2.75) is 32.6 Å². The fraction of sp³-hybridized carbons (Fsp3) is 0.455. The zero-order chi connectivity index (χ0) is 12.3. The lowest BCUT2D eigenvalue weighted by atomic mass is 10.1. The van der Waals surface area contributed by atoms with Crippen molar-refractivity contribution in [3.8, 4) is 0 Å². The first-order valence-corrected chi connectivity index (χ1v) is 5.27. The highest BCUT2D eigenvalue weighted by Crippen LogP contribution is 2.31. The van der Waals surface area contributed by atoms with Gasteiger partial charge in [0.2, 0.25) is 0 Å². The Kier molecular flexibility index (Phi) is 4.21. The normalized spacial score (nSPS) is 12.2. The van der Waals surface area contributed by atoms with E-state index in [1.165, 1.54) is 6.07 Å². The van der Waals surface area contributed by atoms with Gasteiger partial charge < -0.3 is 5.32 Å². The summed E-state index contributed by atoms with van der Waals surface area (Å²) < 4.78 is 37.4. The van der Waals surface area contributed by atoms with Gasteiger partial charge >= 0.3 is 6.18 Å². The molecule has 0 saturated heterocycles. The number of nitrogens with one attached hydrogen (secondary N) is 1. The van der Waals surface area contributed by atoms with Crippen molar-refractivity contribution in [1.29, 1.82) is 0 Å². The quantitative estimate of drug-likeness (QED) is 0.860. The van der Waals surface area contributed by atoms with Crippen molar-refractivity contribution in [3.63, 3.8) is 0 Å². The van der Waals surface area contributed by atoms with E-state index in [9.17, 15) is 13.2 Å². The molecule has 90 valence electrons. The standard InChI is InChI=1S/C11H13ClF3N/c1-7(2)16-6-8-3-9(11(13,14)15)5-10(12)4-8/h3-5,7,16H,6H2,1-2H3. The highest BCUT2D eigenvalue weighted by Gasteiger charge is 2.30. The second-order valence-corrected chi connectivity index (χ2v) is 4.32. The van der Waals surface area contributed by atoms with Crippen molar-refractivity contribution in [2.24, 2.45) is 0 Å². The van der Waals surface area contributed by atoms with Crippen LogP contribution in [0.4, 0.5) is 13.2 Å². The van der Waals surface area contributed by atoms with Crippen LogP contribution in [-0.4, -0.2) is 6.04 Å². The van der Waals surface area contributed by atoms with Crippen molar-refractivity contribution < 1.29 is 13.2 Å². The lowest BCUT2D eigenvalue weighted by Gasteiger charge is -2.12. The van der Waals surface area contributed by atoms with Gasteiger partial charge in [0, 0.05) is 17.6 Å². The summed E-state index contributed by atoms with van der Waals surface area (Å²) in [6.45, 7) is 4.23. The molecule has 0 unspecified atom stereocenters. The first kappa shape index (κ1) is 13.3. The highest BCUT2D eigenvalue weighted by atomic mass is 35.5. The van der Waals surface area contributed by atoms with Crippen molar-refractivity contribution in [2.75, 3.05) is 0 Å². The van der Waals surface area contributed by atoms with E-state index in [1.54, 1.807) is 0 Å². The summed E-state index contributed by atoms with van der Waals surface area (Å²) in [4.78, 5) is 0. The minimum absolute atomic E-state index is 0.107. The van der Waals surface area contributed by atoms with E-state index in [4.69, 9.17) is 11.6 Å². The minimum Gasteiger partial charge on any atom is -0.310 e. The Bertz CT molecular complexity index is 361. The Labute approximate surface area is 97.6 Å². The second kappa shape index (κ2) is 5.06. The minimum atomic E-state index is -4.35. The summed E-state index contributed by atoms with van der Waals surface area (Å²) in [7, 11) is 0. The predicted molar refractivity (Wildman–Crippen MR) is 58.4 cm³/mol. The van der Waals surface area contributed by atoms with Crippen LogP contribution >= 0.6 is 11.6 Å². The van der Waals surface area contributed by atoms with Crippen molar-refractivity contribution >= 4 is 11.6 Å². The molecule has 0 saturated carbocycles. The van der Waals surface area contributed by atoms with Gasteiger partial charge in [-0.15, -0.1) is 0 Å². The van der Waals surface area contributed by atoms with Crippen LogP contribution < -0.4 is 5.32 Å². The molecular weight excluding hydrogens is 239 g/mol. The molecular formula is C11H13ClF3N. The third-order valence-electron chi connectivity index (χ3n) is 2.00. The van der Waals surface area contributed by atoms with Crippen LogP contribution in [-0.2, 0) is 12.7 Å². The average Bonchev–Trinajstić information content (AvgIpc) is 2.12. The number of benzene rings is 1. The van der Waals surface area contributed by atoms with Gasteiger partial charge in [-0.2, -0.15) is 13.2 Å². The van der Waals surface area contributed by atoms with Gasteiger partial charge in [-0.1, -0.05) is 25.4 Å². The summed E-state index contributed by atoms with van der Waals surface area (Å²) in [6, 6.07) is 3.79. The Morgan fingerprint density at radius 3 is 2.38 bits per heavy atom. The van der Waals surface area contributed by atoms with Crippen molar-refractivity contribution in [3.05, 3.63) is 34.3 Å². The van der Waals surface area contributed by atoms with E-state index >= 15 is 0 Å². The van der Waals surface area contributed by atoms with E-state index in [0.29, 0.717) is 12.1 Å². The SMILES string of the molecule is CC(C)NCc1cc(Cl)cc(C(F)(F)F)c1. The van der Waals surface area contributed by atoms with Gasteiger partial charge in [0.05, 0.1) is 5.56 Å². The molecule has 0 aromatic heterocycles. The highest BCUT2D eigenvalue weighted by molar-refractivity contribution is 6.30. The fourth-order valence-corrected chi connectivity index (χ4v) is 1.50. The number of hydrogen-bond acceptors (Lipinski definition) is 1. The lowest BCUT2D eigenvalue weighted by Crippen LogP contribution is -2.22. The van der Waals surface area contributed by atoms with Crippen LogP contribution in [0.3, 0.4) is 0 Å². The molecule has 0 radical (unpaired) electrons. The van der Waals surface area contributed by atoms with E-state index in [0.717, 1.165) is 12.1 Å². The molecule has 0 amide bonds. The van der Waals surface area contributed by atoms with Crippen LogP contribution in [0, 0.1) is 0 Å². The smallest absolute Gasteiger partial charge is 0.310 e. The van der Waals surface area contributed by atoms with Crippen molar-refractivity contribution in [1.82, 2.24) is 5.32 Å². The zero-order valence-corrected chi connectivity index (χ0v) is 9.78. The van der Waals surface area contributed by atoms with Gasteiger partial charge in [-0.3, -0.25) is 0 Å². The maximum absolute atomic E-state index is 12.5. The second-order valence-electron chi connectivity index (χ2n) is 3.88. The Morgan fingerprint density at radius 2 is 1.88 bits per heavy atom. The summed E-state index contributed by atoms with van der Waals surface area (Å²) in [5, 5.41) is 3.15. The van der Waals surface area contributed by atoms with Crippen LogP contribution in [0.5, 0.6) is 0 Å². The van der Waals surface area contributed by atoms with Crippen LogP contribution in [0.25, 0.3) is 0 Å². The van der Waals surface area contributed by atoms with Gasteiger partial charge in [-0.25, -0.2) is 0 Å². The maximum Gasteiger partial charge on any atom is 0.416 e. The summed E-state index contributed by atoms with van der Waals surface area (Å²) >= 11 is 5.64. The Morgan fingerprint density at radius 1 is 1.25 bits per heavy atom. The molecule has 1 N–H and O–H groups in total. The number of alkyl halides is 3. The fourth-order valence-electron chi connectivity index (χ4n) is 1.24. The molecule has 0 atom stereocenters. The van der Waals surface area contributed by atoms with Gasteiger partial charge in [0.1, 0.15) is 0 Å². The third-order valence-corrected chi connectivity index (χ3v) is 2.22. The van der Waals surface area contributed by atoms with E-state index in [2.05, 4.69) is 5.32 Å². The van der Waals surface area contributed by atoms with Crippen LogP contribution in [0.2, 0.25) is 5.02 Å². The molecule has 0 aliphatic carbocycles. The van der Waals surface area contributed by atoms with E-state index < -0.39 is 11.7 Å². The maximum atomic E-state index is 12.5. The summed E-state index contributed by atoms with van der Waals surface area (Å²) in [5.41, 5.74) is -0.172. The molecule has 16 heavy (non-hydrogen) atoms. The van der Waals surface area contributed by atoms with Crippen LogP contribution in [0.1, 0.15) is 25.0 Å². The number of hydrogen-bond donors (Lipinski definition) is 1. The van der Waals surface area contributed by atoms with Gasteiger partial charge in [0.15, 0.2) is 0 Å². The topological polar surface area (TPSA) is 12.0 Å². The van der Waals surface area contributed by atoms with E-state index in [1.807, 2.05) is 13.8 Å². The molecule has 1 nitrogen and oxygen atoms in total.